The molecular formula is C17H14ClNO7. The summed E-state index contributed by atoms with van der Waals surface area (Å²) in [5.74, 6) is -0.105. The Hall–Kier alpha value is -2.84. The Morgan fingerprint density at radius 1 is 1.31 bits per heavy atom. The lowest BCUT2D eigenvalue weighted by molar-refractivity contribution is -0.385. The second kappa shape index (κ2) is 8.03. The highest BCUT2D eigenvalue weighted by molar-refractivity contribution is 6.30. The van der Waals surface area contributed by atoms with Crippen LogP contribution in [0.2, 0.25) is 5.02 Å². The first-order chi connectivity index (χ1) is 12.5. The van der Waals surface area contributed by atoms with Gasteiger partial charge in [0.05, 0.1) is 11.5 Å². The maximum absolute atomic E-state index is 11.9. The van der Waals surface area contributed by atoms with Crippen molar-refractivity contribution in [3.63, 3.8) is 0 Å². The molecule has 0 bridgehead atoms. The summed E-state index contributed by atoms with van der Waals surface area (Å²) in [7, 11) is 0. The molecule has 0 atom stereocenters. The highest BCUT2D eigenvalue weighted by Crippen LogP contribution is 2.32. The Balaban J connectivity index is 1.60. The zero-order valence-electron chi connectivity index (χ0n) is 13.5. The monoisotopic (exact) mass is 379 g/mol. The Kier molecular flexibility index (Phi) is 5.55. The molecular weight excluding hydrogens is 366 g/mol. The molecule has 1 aliphatic heterocycles. The van der Waals surface area contributed by atoms with Crippen LogP contribution < -0.4 is 9.47 Å². The average molecular weight is 380 g/mol. The second-order valence-corrected chi connectivity index (χ2v) is 5.77. The van der Waals surface area contributed by atoms with E-state index in [0.717, 1.165) is 5.56 Å². The van der Waals surface area contributed by atoms with E-state index in [4.69, 9.17) is 30.5 Å². The first kappa shape index (κ1) is 18.0. The van der Waals surface area contributed by atoms with Crippen LogP contribution in [0.25, 0.3) is 0 Å². The number of fused-ring (bicyclic) bond motifs is 1. The van der Waals surface area contributed by atoms with Gasteiger partial charge in [0.1, 0.15) is 12.4 Å². The van der Waals surface area contributed by atoms with Crippen LogP contribution in [0.15, 0.2) is 36.4 Å². The fraction of sp³-hybridized carbons (Fsp3) is 0.235. The molecule has 2 aromatic carbocycles. The molecule has 136 valence electrons. The van der Waals surface area contributed by atoms with Gasteiger partial charge in [-0.3, -0.25) is 10.1 Å². The summed E-state index contributed by atoms with van der Waals surface area (Å²) < 4.78 is 21.0. The molecule has 2 aromatic rings. The van der Waals surface area contributed by atoms with Crippen molar-refractivity contribution >= 4 is 23.3 Å². The predicted octanol–water partition coefficient (Wildman–Crippen LogP) is 3.24. The SMILES string of the molecule is O=C(COc1ccccc1[N+](=O)[O-])OCc1cc(Cl)cc2c1OCOC2. The third-order valence-corrected chi connectivity index (χ3v) is 3.77. The average Bonchev–Trinajstić information content (AvgIpc) is 2.64. The third kappa shape index (κ3) is 4.22. The van der Waals surface area contributed by atoms with Crippen molar-refractivity contribution in [2.45, 2.75) is 13.2 Å². The lowest BCUT2D eigenvalue weighted by Crippen LogP contribution is -2.17. The first-order valence-electron chi connectivity index (χ1n) is 7.58. The van der Waals surface area contributed by atoms with Gasteiger partial charge in [-0.25, -0.2) is 4.79 Å². The molecule has 0 amide bonds. The molecule has 3 rings (SSSR count). The van der Waals surface area contributed by atoms with Crippen molar-refractivity contribution in [1.82, 2.24) is 0 Å². The van der Waals surface area contributed by atoms with Gasteiger partial charge in [-0.1, -0.05) is 23.7 Å². The first-order valence-corrected chi connectivity index (χ1v) is 7.96. The van der Waals surface area contributed by atoms with Gasteiger partial charge in [0.2, 0.25) is 0 Å². The number of rotatable bonds is 6. The van der Waals surface area contributed by atoms with Crippen LogP contribution >= 0.6 is 11.6 Å². The van der Waals surface area contributed by atoms with E-state index in [-0.39, 0.29) is 24.8 Å². The minimum absolute atomic E-state index is 0.00457. The lowest BCUT2D eigenvalue weighted by Gasteiger charge is -2.21. The fourth-order valence-electron chi connectivity index (χ4n) is 2.43. The van der Waals surface area contributed by atoms with Gasteiger partial charge in [-0.2, -0.15) is 0 Å². The Morgan fingerprint density at radius 2 is 2.12 bits per heavy atom. The molecule has 0 unspecified atom stereocenters. The van der Waals surface area contributed by atoms with Crippen molar-refractivity contribution in [3.8, 4) is 11.5 Å². The quantitative estimate of drug-likeness (QED) is 0.431. The molecule has 9 heteroatoms. The van der Waals surface area contributed by atoms with Crippen molar-refractivity contribution in [2.75, 3.05) is 13.4 Å². The zero-order valence-corrected chi connectivity index (χ0v) is 14.2. The number of nitrogens with zero attached hydrogens (tertiary/aromatic N) is 1. The van der Waals surface area contributed by atoms with Gasteiger partial charge in [-0.15, -0.1) is 0 Å². The van der Waals surface area contributed by atoms with E-state index in [2.05, 4.69) is 0 Å². The number of carbonyl (C=O) groups is 1. The van der Waals surface area contributed by atoms with Crippen LogP contribution in [0, 0.1) is 10.1 Å². The molecule has 0 aromatic heterocycles. The normalized spacial score (nSPS) is 12.7. The number of esters is 1. The third-order valence-electron chi connectivity index (χ3n) is 3.55. The standard InChI is InChI=1S/C17H14ClNO7/c18-13-5-11-7-23-10-26-17(11)12(6-13)8-25-16(20)9-24-15-4-2-1-3-14(15)19(21)22/h1-6H,7-10H2. The van der Waals surface area contributed by atoms with Gasteiger partial charge in [0, 0.05) is 22.2 Å². The van der Waals surface area contributed by atoms with Crippen LogP contribution in [0.1, 0.15) is 11.1 Å². The largest absolute Gasteiger partial charge is 0.475 e. The number of halogens is 1. The number of para-hydroxylation sites is 2. The van der Waals surface area contributed by atoms with Crippen LogP contribution in [-0.4, -0.2) is 24.3 Å². The van der Waals surface area contributed by atoms with E-state index < -0.39 is 17.5 Å². The molecule has 0 radical (unpaired) electrons. The molecule has 0 spiro atoms. The summed E-state index contributed by atoms with van der Waals surface area (Å²) >= 11 is 6.05. The molecule has 0 N–H and O–H groups in total. The molecule has 0 aliphatic carbocycles. The number of hydrogen-bond donors (Lipinski definition) is 0. The molecule has 1 aliphatic rings. The summed E-state index contributed by atoms with van der Waals surface area (Å²) in [5.41, 5.74) is 1.15. The van der Waals surface area contributed by atoms with Crippen molar-refractivity contribution < 1.29 is 28.7 Å². The van der Waals surface area contributed by atoms with Crippen LogP contribution in [0.5, 0.6) is 11.5 Å². The Labute approximate surface area is 153 Å². The number of ether oxygens (including phenoxy) is 4. The molecule has 0 fully saturated rings. The molecule has 1 heterocycles. The number of nitro groups is 1. The summed E-state index contributed by atoms with van der Waals surface area (Å²) in [5, 5.41) is 11.4. The van der Waals surface area contributed by atoms with E-state index in [9.17, 15) is 14.9 Å². The van der Waals surface area contributed by atoms with Crippen LogP contribution in [0.3, 0.4) is 0 Å². The predicted molar refractivity (Wildman–Crippen MR) is 90.1 cm³/mol. The molecule has 8 nitrogen and oxygen atoms in total. The number of nitro benzene ring substituents is 1. The van der Waals surface area contributed by atoms with E-state index in [1.807, 2.05) is 0 Å². The number of hydrogen-bond acceptors (Lipinski definition) is 7. The van der Waals surface area contributed by atoms with Crippen LogP contribution in [-0.2, 0) is 27.5 Å². The van der Waals surface area contributed by atoms with E-state index in [1.165, 1.54) is 18.2 Å². The molecule has 0 saturated heterocycles. The summed E-state index contributed by atoms with van der Waals surface area (Å²) in [6.07, 6.45) is 0. The Morgan fingerprint density at radius 3 is 2.92 bits per heavy atom. The van der Waals surface area contributed by atoms with E-state index in [0.29, 0.717) is 22.9 Å². The summed E-state index contributed by atoms with van der Waals surface area (Å²) in [4.78, 5) is 22.2. The van der Waals surface area contributed by atoms with Gasteiger partial charge in [0.15, 0.2) is 19.1 Å². The number of benzene rings is 2. The topological polar surface area (TPSA) is 97.1 Å². The van der Waals surface area contributed by atoms with E-state index >= 15 is 0 Å². The maximum atomic E-state index is 11.9. The van der Waals surface area contributed by atoms with Crippen LogP contribution in [0.4, 0.5) is 5.69 Å². The lowest BCUT2D eigenvalue weighted by atomic mass is 10.1. The smallest absolute Gasteiger partial charge is 0.344 e. The number of carbonyl (C=O) groups excluding carboxylic acids is 1. The van der Waals surface area contributed by atoms with Crippen molar-refractivity contribution in [1.29, 1.82) is 0 Å². The second-order valence-electron chi connectivity index (χ2n) is 5.34. The highest BCUT2D eigenvalue weighted by atomic mass is 35.5. The minimum atomic E-state index is -0.677. The minimum Gasteiger partial charge on any atom is -0.475 e. The molecule has 0 saturated carbocycles. The van der Waals surface area contributed by atoms with Crippen molar-refractivity contribution in [3.05, 3.63) is 62.7 Å². The fourth-order valence-corrected chi connectivity index (χ4v) is 2.69. The highest BCUT2D eigenvalue weighted by Gasteiger charge is 2.19. The van der Waals surface area contributed by atoms with Crippen molar-refractivity contribution in [2.24, 2.45) is 0 Å². The van der Waals surface area contributed by atoms with Gasteiger partial charge in [0.25, 0.3) is 0 Å². The van der Waals surface area contributed by atoms with Gasteiger partial charge >= 0.3 is 11.7 Å². The summed E-state index contributed by atoms with van der Waals surface area (Å²) in [6, 6.07) is 9.15. The van der Waals surface area contributed by atoms with E-state index in [1.54, 1.807) is 18.2 Å². The zero-order chi connectivity index (χ0) is 18.5. The van der Waals surface area contributed by atoms with Gasteiger partial charge < -0.3 is 18.9 Å². The maximum Gasteiger partial charge on any atom is 0.344 e. The Bertz CT molecular complexity index is 840. The molecule has 26 heavy (non-hydrogen) atoms. The van der Waals surface area contributed by atoms with Gasteiger partial charge in [-0.05, 0) is 18.2 Å². The summed E-state index contributed by atoms with van der Waals surface area (Å²) in [6.45, 7) is -0.0620.